The van der Waals surface area contributed by atoms with E-state index in [0.29, 0.717) is 5.75 Å². The van der Waals surface area contributed by atoms with Crippen molar-refractivity contribution in [3.05, 3.63) is 48.2 Å². The molecule has 118 valence electrons. The summed E-state index contributed by atoms with van der Waals surface area (Å²) in [5.74, 6) is 0.571. The summed E-state index contributed by atoms with van der Waals surface area (Å²) in [7, 11) is -2.33. The van der Waals surface area contributed by atoms with Gasteiger partial charge in [0.2, 0.25) is 0 Å². The Hall–Kier alpha value is -2.08. The molecule has 22 heavy (non-hydrogen) atoms. The number of methoxy groups -OCH3 is 1. The molecule has 0 saturated heterocycles. The second kappa shape index (κ2) is 5.96. The van der Waals surface area contributed by atoms with E-state index in [1.54, 1.807) is 30.3 Å². The summed E-state index contributed by atoms with van der Waals surface area (Å²) in [6, 6.07) is 10.2. The summed E-state index contributed by atoms with van der Waals surface area (Å²) in [5.41, 5.74) is 0.747. The van der Waals surface area contributed by atoms with E-state index >= 15 is 0 Å². The number of benzene rings is 1. The first-order valence-electron chi connectivity index (χ1n) is 6.86. The zero-order valence-corrected chi connectivity index (χ0v) is 13.9. The molecule has 0 amide bonds. The van der Waals surface area contributed by atoms with Gasteiger partial charge in [0.1, 0.15) is 16.5 Å². The van der Waals surface area contributed by atoms with Gasteiger partial charge >= 0.3 is 0 Å². The van der Waals surface area contributed by atoms with Crippen molar-refractivity contribution in [3.63, 3.8) is 0 Å². The van der Waals surface area contributed by atoms with E-state index in [0.717, 1.165) is 5.56 Å². The third kappa shape index (κ3) is 3.57. The lowest BCUT2D eigenvalue weighted by Gasteiger charge is -2.21. The van der Waals surface area contributed by atoms with E-state index in [1.807, 2.05) is 26.8 Å². The third-order valence-corrected chi connectivity index (χ3v) is 4.60. The summed E-state index contributed by atoms with van der Waals surface area (Å²) < 4.78 is 32.9. The molecule has 6 heteroatoms. The van der Waals surface area contributed by atoms with Crippen LogP contribution >= 0.6 is 0 Å². The van der Waals surface area contributed by atoms with E-state index in [2.05, 4.69) is 9.71 Å². The lowest BCUT2D eigenvalue weighted by Crippen LogP contribution is -2.17. The maximum Gasteiger partial charge on any atom is 0.266 e. The van der Waals surface area contributed by atoms with Gasteiger partial charge in [-0.3, -0.25) is 4.72 Å². The van der Waals surface area contributed by atoms with Crippen LogP contribution in [0.25, 0.3) is 0 Å². The maximum atomic E-state index is 12.6. The molecule has 0 atom stereocenters. The average Bonchev–Trinajstić information content (AvgIpc) is 2.46. The zero-order chi connectivity index (χ0) is 16.4. The predicted octanol–water partition coefficient (Wildman–Crippen LogP) is 3.19. The van der Waals surface area contributed by atoms with Gasteiger partial charge in [-0.1, -0.05) is 32.9 Å². The highest BCUT2D eigenvalue weighted by Crippen LogP contribution is 2.31. The second-order valence-corrected chi connectivity index (χ2v) is 7.59. The van der Waals surface area contributed by atoms with Gasteiger partial charge in [0.25, 0.3) is 10.0 Å². The Bertz CT molecular complexity index is 751. The number of hydrogen-bond acceptors (Lipinski definition) is 4. The number of nitrogens with one attached hydrogen (secondary N) is 1. The molecule has 0 saturated carbocycles. The fourth-order valence-electron chi connectivity index (χ4n) is 1.97. The van der Waals surface area contributed by atoms with Gasteiger partial charge in [-0.25, -0.2) is 13.4 Å². The molecule has 2 aromatic rings. The Kier molecular flexibility index (Phi) is 4.42. The van der Waals surface area contributed by atoms with Crippen molar-refractivity contribution < 1.29 is 13.2 Å². The van der Waals surface area contributed by atoms with E-state index in [4.69, 9.17) is 4.74 Å². The van der Waals surface area contributed by atoms with Crippen molar-refractivity contribution in [1.29, 1.82) is 0 Å². The lowest BCUT2D eigenvalue weighted by molar-refractivity contribution is 0.402. The second-order valence-electron chi connectivity index (χ2n) is 5.94. The van der Waals surface area contributed by atoms with Crippen LogP contribution in [0.4, 0.5) is 5.82 Å². The molecule has 5 nitrogen and oxygen atoms in total. The predicted molar refractivity (Wildman–Crippen MR) is 86.7 cm³/mol. The first-order chi connectivity index (χ1) is 10.2. The van der Waals surface area contributed by atoms with Crippen LogP contribution < -0.4 is 9.46 Å². The molecule has 0 aliphatic heterocycles. The molecule has 0 radical (unpaired) electrons. The van der Waals surface area contributed by atoms with Crippen molar-refractivity contribution in [2.75, 3.05) is 11.8 Å². The minimum absolute atomic E-state index is 0.105. The molecule has 1 heterocycles. The topological polar surface area (TPSA) is 68.3 Å². The molecule has 2 rings (SSSR count). The van der Waals surface area contributed by atoms with Gasteiger partial charge in [-0.2, -0.15) is 0 Å². The van der Waals surface area contributed by atoms with Crippen molar-refractivity contribution in [2.45, 2.75) is 31.1 Å². The molecular formula is C16H20N2O3S. The first kappa shape index (κ1) is 16.3. The minimum Gasteiger partial charge on any atom is -0.495 e. The highest BCUT2D eigenvalue weighted by atomic mass is 32.2. The fraction of sp³-hybridized carbons (Fsp3) is 0.312. The number of anilines is 1. The Balaban J connectivity index is 2.49. The summed E-state index contributed by atoms with van der Waals surface area (Å²) >= 11 is 0. The molecular weight excluding hydrogens is 300 g/mol. The molecule has 1 aromatic heterocycles. The number of rotatable bonds is 4. The van der Waals surface area contributed by atoms with Gasteiger partial charge in [-0.15, -0.1) is 0 Å². The molecule has 0 unspecified atom stereocenters. The number of pyridine rings is 1. The van der Waals surface area contributed by atoms with Crippen LogP contribution in [0.5, 0.6) is 5.75 Å². The smallest absolute Gasteiger partial charge is 0.266 e. The van der Waals surface area contributed by atoms with Crippen LogP contribution in [0.3, 0.4) is 0 Å². The molecule has 0 bridgehead atoms. The van der Waals surface area contributed by atoms with E-state index in [1.165, 1.54) is 13.3 Å². The summed E-state index contributed by atoms with van der Waals surface area (Å²) in [6.07, 6.45) is 1.53. The van der Waals surface area contributed by atoms with Crippen molar-refractivity contribution >= 4 is 15.8 Å². The van der Waals surface area contributed by atoms with E-state index in [-0.39, 0.29) is 16.1 Å². The largest absolute Gasteiger partial charge is 0.495 e. The standard InChI is InChI=1S/C16H20N2O3S/c1-16(2,3)12-8-9-13(21-4)14(11-12)22(19,20)18-15-7-5-6-10-17-15/h5-11H,1-4H3,(H,17,18). The SMILES string of the molecule is COc1ccc(C(C)(C)C)cc1S(=O)(=O)Nc1ccccn1. The van der Waals surface area contributed by atoms with Crippen LogP contribution in [0.2, 0.25) is 0 Å². The summed E-state index contributed by atoms with van der Waals surface area (Å²) in [4.78, 5) is 4.09. The van der Waals surface area contributed by atoms with Crippen LogP contribution in [0.15, 0.2) is 47.5 Å². The van der Waals surface area contributed by atoms with Gasteiger partial charge < -0.3 is 4.74 Å². The molecule has 0 aliphatic carbocycles. The summed E-state index contributed by atoms with van der Waals surface area (Å²) in [6.45, 7) is 6.08. The fourth-order valence-corrected chi connectivity index (χ4v) is 3.17. The number of hydrogen-bond donors (Lipinski definition) is 1. The Morgan fingerprint density at radius 2 is 1.86 bits per heavy atom. The van der Waals surface area contributed by atoms with Crippen molar-refractivity contribution in [1.82, 2.24) is 4.98 Å². The number of sulfonamides is 1. The highest BCUT2D eigenvalue weighted by molar-refractivity contribution is 7.92. The molecule has 0 spiro atoms. The Labute approximate surface area is 131 Å². The van der Waals surface area contributed by atoms with E-state index < -0.39 is 10.0 Å². The molecule has 1 aromatic carbocycles. The van der Waals surface area contributed by atoms with Crippen molar-refractivity contribution in [3.8, 4) is 5.75 Å². The van der Waals surface area contributed by atoms with Crippen LogP contribution in [0, 0.1) is 0 Å². The normalized spacial score (nSPS) is 12.0. The van der Waals surface area contributed by atoms with Gasteiger partial charge in [0, 0.05) is 6.20 Å². The number of nitrogens with zero attached hydrogens (tertiary/aromatic N) is 1. The zero-order valence-electron chi connectivity index (χ0n) is 13.1. The Morgan fingerprint density at radius 3 is 2.41 bits per heavy atom. The monoisotopic (exact) mass is 320 g/mol. The van der Waals surface area contributed by atoms with Gasteiger partial charge in [0.05, 0.1) is 7.11 Å². The maximum absolute atomic E-state index is 12.6. The number of aromatic nitrogens is 1. The average molecular weight is 320 g/mol. The van der Waals surface area contributed by atoms with Gasteiger partial charge in [-0.05, 0) is 35.2 Å². The van der Waals surface area contributed by atoms with Crippen LogP contribution in [-0.2, 0) is 15.4 Å². The molecule has 0 aliphatic rings. The van der Waals surface area contributed by atoms with Crippen LogP contribution in [-0.4, -0.2) is 20.5 Å². The molecule has 1 N–H and O–H groups in total. The van der Waals surface area contributed by atoms with Crippen LogP contribution in [0.1, 0.15) is 26.3 Å². The highest BCUT2D eigenvalue weighted by Gasteiger charge is 2.23. The Morgan fingerprint density at radius 1 is 1.14 bits per heavy atom. The third-order valence-electron chi connectivity index (χ3n) is 3.22. The lowest BCUT2D eigenvalue weighted by atomic mass is 9.87. The minimum atomic E-state index is -3.78. The number of ether oxygens (including phenoxy) is 1. The summed E-state index contributed by atoms with van der Waals surface area (Å²) in [5, 5.41) is 0. The van der Waals surface area contributed by atoms with E-state index in [9.17, 15) is 8.42 Å². The van der Waals surface area contributed by atoms with Gasteiger partial charge in [0.15, 0.2) is 0 Å². The molecule has 0 fully saturated rings. The van der Waals surface area contributed by atoms with Crippen molar-refractivity contribution in [2.24, 2.45) is 0 Å². The first-order valence-corrected chi connectivity index (χ1v) is 8.35. The quantitative estimate of drug-likeness (QED) is 0.939.